The summed E-state index contributed by atoms with van der Waals surface area (Å²) in [7, 11) is 0. The highest BCUT2D eigenvalue weighted by Gasteiger charge is 2.07. The van der Waals surface area contributed by atoms with Gasteiger partial charge in [-0.1, -0.05) is 41.9 Å². The summed E-state index contributed by atoms with van der Waals surface area (Å²) < 4.78 is 0. The number of nitrogens with one attached hydrogen (secondary N) is 1. The van der Waals surface area contributed by atoms with E-state index in [1.165, 1.54) is 0 Å². The highest BCUT2D eigenvalue weighted by atomic mass is 35.5. The van der Waals surface area contributed by atoms with Gasteiger partial charge in [0.05, 0.1) is 0 Å². The van der Waals surface area contributed by atoms with E-state index in [1.807, 2.05) is 36.4 Å². The Hall–Kier alpha value is -1.80. The normalized spacial score (nSPS) is 10.1. The van der Waals surface area contributed by atoms with Gasteiger partial charge in [-0.3, -0.25) is 4.79 Å². The summed E-state index contributed by atoms with van der Waals surface area (Å²) in [6.07, 6.45) is 0. The largest absolute Gasteiger partial charge is 0.348 e. The maximum atomic E-state index is 11.9. The highest BCUT2D eigenvalue weighted by Crippen LogP contribution is 2.11. The van der Waals surface area contributed by atoms with Crippen molar-refractivity contribution in [3.05, 3.63) is 77.2 Å². The second kappa shape index (κ2) is 5.69. The molecule has 0 aromatic heterocycles. The van der Waals surface area contributed by atoms with Gasteiger partial charge < -0.3 is 5.32 Å². The molecule has 1 radical (unpaired) electrons. The Morgan fingerprint density at radius 1 is 1.17 bits per heavy atom. The fraction of sp³-hybridized carbons (Fsp3) is 0.0667. The van der Waals surface area contributed by atoms with Crippen LogP contribution >= 0.6 is 11.6 Å². The van der Waals surface area contributed by atoms with Crippen LogP contribution in [0, 0.1) is 6.92 Å². The SMILES string of the molecule is [CH2]c1ccccc1C(=O)NCc1cccc(Cl)c1. The second-order valence-corrected chi connectivity index (χ2v) is 4.41. The van der Waals surface area contributed by atoms with Crippen molar-refractivity contribution in [1.82, 2.24) is 5.32 Å². The predicted octanol–water partition coefficient (Wildman–Crippen LogP) is 3.45. The van der Waals surface area contributed by atoms with Gasteiger partial charge in [0, 0.05) is 17.1 Å². The Kier molecular flexibility index (Phi) is 4.00. The van der Waals surface area contributed by atoms with Crippen LogP contribution in [0.2, 0.25) is 5.02 Å². The van der Waals surface area contributed by atoms with Crippen molar-refractivity contribution in [3.8, 4) is 0 Å². The van der Waals surface area contributed by atoms with E-state index in [0.717, 1.165) is 11.1 Å². The highest BCUT2D eigenvalue weighted by molar-refractivity contribution is 6.30. The van der Waals surface area contributed by atoms with Gasteiger partial charge in [-0.05, 0) is 36.2 Å². The van der Waals surface area contributed by atoms with Gasteiger partial charge in [-0.15, -0.1) is 0 Å². The molecule has 2 nitrogen and oxygen atoms in total. The molecule has 91 valence electrons. The molecule has 0 heterocycles. The molecule has 0 bridgehead atoms. The Morgan fingerprint density at radius 3 is 2.67 bits per heavy atom. The monoisotopic (exact) mass is 258 g/mol. The lowest BCUT2D eigenvalue weighted by molar-refractivity contribution is 0.0950. The molecule has 2 rings (SSSR count). The zero-order valence-corrected chi connectivity index (χ0v) is 10.6. The molecule has 0 saturated carbocycles. The fourth-order valence-corrected chi connectivity index (χ4v) is 1.88. The summed E-state index contributed by atoms with van der Waals surface area (Å²) in [5.41, 5.74) is 2.29. The molecule has 2 aromatic carbocycles. The van der Waals surface area contributed by atoms with Crippen LogP contribution in [0.15, 0.2) is 48.5 Å². The summed E-state index contributed by atoms with van der Waals surface area (Å²) in [5, 5.41) is 3.51. The topological polar surface area (TPSA) is 29.1 Å². The van der Waals surface area contributed by atoms with Crippen molar-refractivity contribution < 1.29 is 4.79 Å². The second-order valence-electron chi connectivity index (χ2n) is 3.97. The smallest absolute Gasteiger partial charge is 0.251 e. The first-order chi connectivity index (χ1) is 8.66. The van der Waals surface area contributed by atoms with Gasteiger partial charge in [0.2, 0.25) is 0 Å². The molecule has 2 aromatic rings. The number of amides is 1. The van der Waals surface area contributed by atoms with Crippen molar-refractivity contribution in [1.29, 1.82) is 0 Å². The van der Waals surface area contributed by atoms with Crippen molar-refractivity contribution in [2.75, 3.05) is 0 Å². The summed E-state index contributed by atoms with van der Waals surface area (Å²) >= 11 is 5.88. The lowest BCUT2D eigenvalue weighted by Crippen LogP contribution is -2.23. The number of rotatable bonds is 3. The quantitative estimate of drug-likeness (QED) is 0.898. The third-order valence-electron chi connectivity index (χ3n) is 2.60. The molecule has 0 saturated heterocycles. The summed E-state index contributed by atoms with van der Waals surface area (Å²) in [6, 6.07) is 14.7. The van der Waals surface area contributed by atoms with Crippen LogP contribution in [-0.4, -0.2) is 5.91 Å². The van der Waals surface area contributed by atoms with E-state index in [0.29, 0.717) is 17.1 Å². The number of benzene rings is 2. The summed E-state index contributed by atoms with van der Waals surface area (Å²) in [5.74, 6) is -0.124. The zero-order valence-electron chi connectivity index (χ0n) is 9.82. The molecule has 0 fully saturated rings. The van der Waals surface area contributed by atoms with Gasteiger partial charge in [0.1, 0.15) is 0 Å². The van der Waals surface area contributed by atoms with Gasteiger partial charge >= 0.3 is 0 Å². The van der Waals surface area contributed by atoms with E-state index in [4.69, 9.17) is 11.6 Å². The van der Waals surface area contributed by atoms with Crippen LogP contribution in [-0.2, 0) is 6.54 Å². The van der Waals surface area contributed by atoms with E-state index in [-0.39, 0.29) is 5.91 Å². The van der Waals surface area contributed by atoms with Crippen LogP contribution in [0.1, 0.15) is 21.5 Å². The van der Waals surface area contributed by atoms with E-state index in [2.05, 4.69) is 12.2 Å². The van der Waals surface area contributed by atoms with E-state index < -0.39 is 0 Å². The molecular formula is C15H13ClNO. The average Bonchev–Trinajstić information content (AvgIpc) is 2.37. The first-order valence-corrected chi connectivity index (χ1v) is 5.98. The van der Waals surface area contributed by atoms with Crippen LogP contribution < -0.4 is 5.32 Å². The molecule has 0 spiro atoms. The number of carbonyl (C=O) groups excluding carboxylic acids is 1. The van der Waals surface area contributed by atoms with Crippen molar-refractivity contribution in [2.45, 2.75) is 6.54 Å². The molecule has 3 heteroatoms. The number of hydrogen-bond acceptors (Lipinski definition) is 1. The molecule has 1 amide bonds. The van der Waals surface area contributed by atoms with E-state index in [9.17, 15) is 4.79 Å². The Labute approximate surface area is 112 Å². The minimum absolute atomic E-state index is 0.124. The first kappa shape index (κ1) is 12.7. The van der Waals surface area contributed by atoms with E-state index >= 15 is 0 Å². The number of hydrogen-bond donors (Lipinski definition) is 1. The van der Waals surface area contributed by atoms with Gasteiger partial charge in [-0.2, -0.15) is 0 Å². The molecule has 0 unspecified atom stereocenters. The van der Waals surface area contributed by atoms with E-state index in [1.54, 1.807) is 12.1 Å². The average molecular weight is 259 g/mol. The van der Waals surface area contributed by atoms with Crippen molar-refractivity contribution in [2.24, 2.45) is 0 Å². The summed E-state index contributed by atoms with van der Waals surface area (Å²) in [6.45, 7) is 4.28. The third-order valence-corrected chi connectivity index (χ3v) is 2.84. The minimum atomic E-state index is -0.124. The Balaban J connectivity index is 2.03. The molecule has 0 aliphatic rings. The molecule has 0 aliphatic heterocycles. The molecule has 0 aliphatic carbocycles. The fourth-order valence-electron chi connectivity index (χ4n) is 1.67. The maximum absolute atomic E-state index is 11.9. The Bertz CT molecular complexity index is 566. The van der Waals surface area contributed by atoms with Gasteiger partial charge in [0.25, 0.3) is 5.91 Å². The molecular weight excluding hydrogens is 246 g/mol. The standard InChI is InChI=1S/C15H13ClNO/c1-11-5-2-3-8-14(11)15(18)17-10-12-6-4-7-13(16)9-12/h2-9H,1,10H2,(H,17,18). The van der Waals surface area contributed by atoms with Gasteiger partial charge in [0.15, 0.2) is 0 Å². The number of carbonyl (C=O) groups is 1. The lowest BCUT2D eigenvalue weighted by Gasteiger charge is -2.07. The molecule has 0 atom stereocenters. The summed E-state index contributed by atoms with van der Waals surface area (Å²) in [4.78, 5) is 11.9. The first-order valence-electron chi connectivity index (χ1n) is 5.60. The van der Waals surface area contributed by atoms with Crippen LogP contribution in [0.5, 0.6) is 0 Å². The van der Waals surface area contributed by atoms with Crippen LogP contribution in [0.25, 0.3) is 0 Å². The minimum Gasteiger partial charge on any atom is -0.348 e. The third kappa shape index (κ3) is 3.11. The molecule has 1 N–H and O–H groups in total. The predicted molar refractivity (Wildman–Crippen MR) is 73.5 cm³/mol. The van der Waals surface area contributed by atoms with Gasteiger partial charge in [-0.25, -0.2) is 0 Å². The van der Waals surface area contributed by atoms with Crippen LogP contribution in [0.3, 0.4) is 0 Å². The Morgan fingerprint density at radius 2 is 1.94 bits per heavy atom. The maximum Gasteiger partial charge on any atom is 0.251 e. The van der Waals surface area contributed by atoms with Crippen molar-refractivity contribution >= 4 is 17.5 Å². The zero-order chi connectivity index (χ0) is 13.0. The van der Waals surface area contributed by atoms with Crippen molar-refractivity contribution in [3.63, 3.8) is 0 Å². The number of halogens is 1. The lowest BCUT2D eigenvalue weighted by atomic mass is 10.1. The molecule has 18 heavy (non-hydrogen) atoms. The van der Waals surface area contributed by atoms with Crippen LogP contribution in [0.4, 0.5) is 0 Å².